The number of benzene rings is 2. The summed E-state index contributed by atoms with van der Waals surface area (Å²) in [6.07, 6.45) is 2.97. The van der Waals surface area contributed by atoms with E-state index in [0.29, 0.717) is 28.4 Å². The summed E-state index contributed by atoms with van der Waals surface area (Å²) in [5.74, 6) is 1.10. The first-order valence-electron chi connectivity index (χ1n) is 8.40. The summed E-state index contributed by atoms with van der Waals surface area (Å²) >= 11 is 0. The highest BCUT2D eigenvalue weighted by Crippen LogP contribution is 2.47. The van der Waals surface area contributed by atoms with Crippen molar-refractivity contribution in [3.05, 3.63) is 53.2 Å². The summed E-state index contributed by atoms with van der Waals surface area (Å²) in [6.45, 7) is 1.87. The standard InChI is InChI=1S/C20H20N2O5S/c1-13-5-7-14(8-6-13)28(23,24)22-10-9-15-16(17(22)12-21)11-18(25-2)20(27-4)19(15)26-3/h5-11,17H,1-4H3. The van der Waals surface area contributed by atoms with Gasteiger partial charge in [-0.3, -0.25) is 4.31 Å². The fourth-order valence-electron chi connectivity index (χ4n) is 3.14. The largest absolute Gasteiger partial charge is 0.493 e. The Kier molecular flexibility index (Phi) is 5.21. The van der Waals surface area contributed by atoms with Crippen molar-refractivity contribution in [1.29, 1.82) is 5.26 Å². The second-order valence-corrected chi connectivity index (χ2v) is 7.99. The molecule has 7 nitrogen and oxygen atoms in total. The smallest absolute Gasteiger partial charge is 0.265 e. The Bertz CT molecular complexity index is 1070. The van der Waals surface area contributed by atoms with Gasteiger partial charge in [-0.1, -0.05) is 17.7 Å². The van der Waals surface area contributed by atoms with Gasteiger partial charge in [-0.15, -0.1) is 0 Å². The van der Waals surface area contributed by atoms with Crippen LogP contribution < -0.4 is 14.2 Å². The molecule has 2 aromatic rings. The Labute approximate surface area is 164 Å². The van der Waals surface area contributed by atoms with Crippen molar-refractivity contribution in [2.75, 3.05) is 21.3 Å². The van der Waals surface area contributed by atoms with Crippen LogP contribution in [0.3, 0.4) is 0 Å². The maximum absolute atomic E-state index is 13.1. The maximum Gasteiger partial charge on any atom is 0.265 e. The number of nitriles is 1. The fourth-order valence-corrected chi connectivity index (χ4v) is 4.53. The van der Waals surface area contributed by atoms with Crippen LogP contribution in [-0.2, 0) is 10.0 Å². The molecule has 28 heavy (non-hydrogen) atoms. The minimum atomic E-state index is -3.93. The van der Waals surface area contributed by atoms with Crippen molar-refractivity contribution in [3.8, 4) is 23.3 Å². The highest BCUT2D eigenvalue weighted by Gasteiger charge is 2.36. The molecule has 0 amide bonds. The highest BCUT2D eigenvalue weighted by atomic mass is 32.2. The Morgan fingerprint density at radius 1 is 1.04 bits per heavy atom. The van der Waals surface area contributed by atoms with Crippen LogP contribution in [0, 0.1) is 18.3 Å². The molecule has 3 rings (SSSR count). The normalized spacial score (nSPS) is 15.5. The van der Waals surface area contributed by atoms with Crippen molar-refractivity contribution in [2.24, 2.45) is 0 Å². The zero-order valence-corrected chi connectivity index (χ0v) is 16.8. The number of nitrogens with zero attached hydrogens (tertiary/aromatic N) is 2. The summed E-state index contributed by atoms with van der Waals surface area (Å²) in [4.78, 5) is 0.110. The molecular weight excluding hydrogens is 380 g/mol. The molecule has 1 unspecified atom stereocenters. The molecule has 1 aliphatic rings. The number of aryl methyl sites for hydroxylation is 1. The quantitative estimate of drug-likeness (QED) is 0.765. The summed E-state index contributed by atoms with van der Waals surface area (Å²) in [5.41, 5.74) is 1.97. The summed E-state index contributed by atoms with van der Waals surface area (Å²) in [5, 5.41) is 9.81. The summed E-state index contributed by atoms with van der Waals surface area (Å²) < 4.78 is 43.5. The molecule has 0 fully saturated rings. The lowest BCUT2D eigenvalue weighted by molar-refractivity contribution is 0.321. The van der Waals surface area contributed by atoms with Gasteiger partial charge >= 0.3 is 0 Å². The SMILES string of the molecule is COc1cc2c(c(OC)c1OC)C=CN(S(=O)(=O)c1ccc(C)cc1)C2C#N. The van der Waals surface area contributed by atoms with E-state index in [2.05, 4.69) is 6.07 Å². The second kappa shape index (κ2) is 7.44. The molecule has 0 aliphatic carbocycles. The second-order valence-electron chi connectivity index (χ2n) is 6.14. The molecule has 2 aromatic carbocycles. The molecule has 1 atom stereocenters. The molecule has 0 spiro atoms. The van der Waals surface area contributed by atoms with E-state index < -0.39 is 16.1 Å². The molecule has 0 saturated carbocycles. The van der Waals surface area contributed by atoms with Gasteiger partial charge in [-0.25, -0.2) is 8.42 Å². The zero-order valence-electron chi connectivity index (χ0n) is 16.0. The summed E-state index contributed by atoms with van der Waals surface area (Å²) in [6, 6.07) is 9.08. The lowest BCUT2D eigenvalue weighted by atomic mass is 9.96. The lowest BCUT2D eigenvalue weighted by Crippen LogP contribution is -2.32. The molecular formula is C20H20N2O5S. The molecule has 8 heteroatoms. The molecule has 0 N–H and O–H groups in total. The van der Waals surface area contributed by atoms with E-state index in [9.17, 15) is 13.7 Å². The van der Waals surface area contributed by atoms with Gasteiger partial charge in [0.25, 0.3) is 10.0 Å². The van der Waals surface area contributed by atoms with E-state index in [1.54, 1.807) is 24.3 Å². The number of fused-ring (bicyclic) bond motifs is 1. The van der Waals surface area contributed by atoms with E-state index in [0.717, 1.165) is 9.87 Å². The van der Waals surface area contributed by atoms with E-state index in [-0.39, 0.29) is 4.90 Å². The van der Waals surface area contributed by atoms with E-state index >= 15 is 0 Å². The van der Waals surface area contributed by atoms with Crippen molar-refractivity contribution in [2.45, 2.75) is 17.9 Å². The van der Waals surface area contributed by atoms with E-state index in [4.69, 9.17) is 14.2 Å². The number of methoxy groups -OCH3 is 3. The van der Waals surface area contributed by atoms with Gasteiger partial charge in [0, 0.05) is 17.3 Å². The van der Waals surface area contributed by atoms with Crippen LogP contribution in [0.15, 0.2) is 41.4 Å². The highest BCUT2D eigenvalue weighted by molar-refractivity contribution is 7.89. The predicted octanol–water partition coefficient (Wildman–Crippen LogP) is 3.26. The molecule has 1 heterocycles. The minimum Gasteiger partial charge on any atom is -0.493 e. The predicted molar refractivity (Wildman–Crippen MR) is 104 cm³/mol. The van der Waals surface area contributed by atoms with Gasteiger partial charge in [0.2, 0.25) is 5.75 Å². The third kappa shape index (κ3) is 3.04. The lowest BCUT2D eigenvalue weighted by Gasteiger charge is -2.31. The van der Waals surface area contributed by atoms with Crippen LogP contribution in [0.4, 0.5) is 0 Å². The first kappa shape index (κ1) is 19.6. The van der Waals surface area contributed by atoms with Crippen molar-refractivity contribution >= 4 is 16.1 Å². The summed E-state index contributed by atoms with van der Waals surface area (Å²) in [7, 11) is 0.492. The monoisotopic (exact) mass is 400 g/mol. The number of sulfonamides is 1. The minimum absolute atomic E-state index is 0.110. The Hall–Kier alpha value is -3.18. The Morgan fingerprint density at radius 2 is 1.68 bits per heavy atom. The third-order valence-electron chi connectivity index (χ3n) is 4.56. The maximum atomic E-state index is 13.1. The molecule has 1 aliphatic heterocycles. The van der Waals surface area contributed by atoms with Gasteiger partial charge in [0.05, 0.1) is 32.3 Å². The number of rotatable bonds is 5. The average molecular weight is 400 g/mol. The Balaban J connectivity index is 2.18. The molecule has 0 saturated heterocycles. The van der Waals surface area contributed by atoms with E-state index in [1.165, 1.54) is 39.7 Å². The molecule has 146 valence electrons. The van der Waals surface area contributed by atoms with Gasteiger partial charge in [-0.05, 0) is 31.2 Å². The van der Waals surface area contributed by atoms with Crippen molar-refractivity contribution < 1.29 is 22.6 Å². The average Bonchev–Trinajstić information content (AvgIpc) is 2.71. The third-order valence-corrected chi connectivity index (χ3v) is 6.31. The molecule has 0 bridgehead atoms. The van der Waals surface area contributed by atoms with Crippen LogP contribution in [0.2, 0.25) is 0 Å². The van der Waals surface area contributed by atoms with Crippen molar-refractivity contribution in [1.82, 2.24) is 4.31 Å². The number of ether oxygens (including phenoxy) is 3. The number of hydrogen-bond donors (Lipinski definition) is 0. The first-order valence-corrected chi connectivity index (χ1v) is 9.84. The topological polar surface area (TPSA) is 88.9 Å². The Morgan fingerprint density at radius 3 is 2.21 bits per heavy atom. The van der Waals surface area contributed by atoms with Crippen LogP contribution in [0.5, 0.6) is 17.2 Å². The van der Waals surface area contributed by atoms with E-state index in [1.807, 2.05) is 6.92 Å². The zero-order chi connectivity index (χ0) is 20.5. The molecule has 0 radical (unpaired) electrons. The first-order chi connectivity index (χ1) is 13.4. The van der Waals surface area contributed by atoms with Crippen molar-refractivity contribution in [3.63, 3.8) is 0 Å². The van der Waals surface area contributed by atoms with Gasteiger partial charge in [0.15, 0.2) is 17.5 Å². The van der Waals surface area contributed by atoms with Crippen LogP contribution >= 0.6 is 0 Å². The van der Waals surface area contributed by atoms with Crippen LogP contribution in [-0.4, -0.2) is 34.1 Å². The molecule has 0 aromatic heterocycles. The fraction of sp³-hybridized carbons (Fsp3) is 0.250. The van der Waals surface area contributed by atoms with Gasteiger partial charge in [0.1, 0.15) is 0 Å². The van der Waals surface area contributed by atoms with Crippen LogP contribution in [0.25, 0.3) is 6.08 Å². The van der Waals surface area contributed by atoms with Gasteiger partial charge in [-0.2, -0.15) is 5.26 Å². The number of hydrogen-bond acceptors (Lipinski definition) is 6. The van der Waals surface area contributed by atoms with Gasteiger partial charge < -0.3 is 14.2 Å². The van der Waals surface area contributed by atoms with Crippen LogP contribution in [0.1, 0.15) is 22.7 Å².